The van der Waals surface area contributed by atoms with Crippen LogP contribution in [0.3, 0.4) is 0 Å². The van der Waals surface area contributed by atoms with Gasteiger partial charge in [0.2, 0.25) is 11.8 Å². The third kappa shape index (κ3) is 8.31. The number of likely N-dealkylation sites (N-methyl/N-ethyl adjacent to an activating group) is 1. The van der Waals surface area contributed by atoms with E-state index in [1.165, 1.54) is 12.1 Å². The molecule has 1 saturated carbocycles. The van der Waals surface area contributed by atoms with Crippen LogP contribution in [0.25, 0.3) is 0 Å². The predicted molar refractivity (Wildman–Crippen MR) is 177 cm³/mol. The van der Waals surface area contributed by atoms with Crippen molar-refractivity contribution >= 4 is 29.4 Å². The van der Waals surface area contributed by atoms with E-state index in [-0.39, 0.29) is 29.2 Å². The van der Waals surface area contributed by atoms with Gasteiger partial charge in [-0.2, -0.15) is 0 Å². The molecule has 5 rings (SSSR count). The lowest BCUT2D eigenvalue weighted by atomic mass is 9.79. The number of nitrogens with one attached hydrogen (secondary N) is 3. The number of carbonyl (C=O) groups is 4. The number of urea groups is 1. The Kier molecular flexibility index (Phi) is 11.7. The molecule has 5 amide bonds. The molecule has 1 aromatic carbocycles. The molecule has 262 valence electrons. The number of nitrogens with zero attached hydrogens (tertiary/aromatic N) is 5. The summed E-state index contributed by atoms with van der Waals surface area (Å²) in [6.07, 6.45) is 5.58. The Morgan fingerprint density at radius 2 is 1.65 bits per heavy atom. The Hall–Kier alpha value is -4.07. The summed E-state index contributed by atoms with van der Waals surface area (Å²) in [6, 6.07) is 2.33. The summed E-state index contributed by atoms with van der Waals surface area (Å²) in [4.78, 5) is 59.4. The van der Waals surface area contributed by atoms with Crippen LogP contribution in [-0.2, 0) is 16.0 Å². The lowest BCUT2D eigenvalue weighted by Gasteiger charge is -2.36. The molecule has 0 spiro atoms. The van der Waals surface area contributed by atoms with E-state index >= 15 is 4.39 Å². The first-order valence-electron chi connectivity index (χ1n) is 17.3. The van der Waals surface area contributed by atoms with Crippen LogP contribution in [0, 0.1) is 17.7 Å². The van der Waals surface area contributed by atoms with E-state index in [9.17, 15) is 19.2 Å². The highest BCUT2D eigenvalue weighted by atomic mass is 19.1. The SMILES string of the molecule is CCc1nonc1C(=O)N[C@H](C(=O)Nc1ccc([C@H](C)[C@@H](NC(=O)N2CCCC2)C(=O)N2CCN(C)CC2)cc1F)C1CCC(C)CC1. The maximum Gasteiger partial charge on any atom is 0.318 e. The highest BCUT2D eigenvalue weighted by Gasteiger charge is 2.36. The second-order valence-corrected chi connectivity index (χ2v) is 13.7. The van der Waals surface area contributed by atoms with E-state index in [2.05, 4.69) is 38.1 Å². The van der Waals surface area contributed by atoms with E-state index in [0.29, 0.717) is 49.8 Å². The van der Waals surface area contributed by atoms with Crippen LogP contribution in [0.5, 0.6) is 0 Å². The standard InChI is InChI=1S/C34H49FN8O5/c1-5-26-30(40-48-39-26)32(45)37-29(23-10-8-21(2)9-11-23)31(44)36-27-13-12-24(20-25(27)35)22(3)28(38-34(47)43-14-6-7-15-43)33(46)42-18-16-41(4)17-19-42/h12-13,20-23,28-29H,5-11,14-19H2,1-4H3,(H,36,44)(H,37,45)(H,38,47)/t21?,22-,23?,28+,29-/m0/s1. The molecule has 0 unspecified atom stereocenters. The highest BCUT2D eigenvalue weighted by Crippen LogP contribution is 2.32. The summed E-state index contributed by atoms with van der Waals surface area (Å²) >= 11 is 0. The van der Waals surface area contributed by atoms with Gasteiger partial charge >= 0.3 is 6.03 Å². The van der Waals surface area contributed by atoms with Gasteiger partial charge in [-0.25, -0.2) is 13.8 Å². The molecule has 2 aliphatic heterocycles. The quantitative estimate of drug-likeness (QED) is 0.349. The van der Waals surface area contributed by atoms with Gasteiger partial charge in [0, 0.05) is 45.2 Å². The molecule has 3 fully saturated rings. The molecule has 1 aliphatic carbocycles. The molecular weight excluding hydrogens is 619 g/mol. The molecule has 14 heteroatoms. The maximum atomic E-state index is 15.8. The second-order valence-electron chi connectivity index (χ2n) is 13.7. The minimum Gasteiger partial charge on any atom is -0.338 e. The van der Waals surface area contributed by atoms with E-state index < -0.39 is 35.6 Å². The van der Waals surface area contributed by atoms with Crippen LogP contribution in [0.4, 0.5) is 14.9 Å². The topological polar surface area (TPSA) is 153 Å². The van der Waals surface area contributed by atoms with E-state index in [4.69, 9.17) is 4.63 Å². The third-order valence-corrected chi connectivity index (χ3v) is 10.2. The van der Waals surface area contributed by atoms with Crippen molar-refractivity contribution in [3.05, 3.63) is 41.0 Å². The number of hydrogen-bond acceptors (Lipinski definition) is 8. The first-order chi connectivity index (χ1) is 23.0. The van der Waals surface area contributed by atoms with Crippen molar-refractivity contribution in [2.45, 2.75) is 83.7 Å². The molecule has 3 aliphatic rings. The normalized spacial score (nSPS) is 22.1. The number of rotatable bonds is 10. The molecular formula is C34H49FN8O5. The lowest BCUT2D eigenvalue weighted by molar-refractivity contribution is -0.135. The van der Waals surface area contributed by atoms with Gasteiger partial charge in [-0.05, 0) is 73.8 Å². The van der Waals surface area contributed by atoms with Gasteiger partial charge in [-0.1, -0.05) is 44.8 Å². The van der Waals surface area contributed by atoms with Crippen molar-refractivity contribution in [3.8, 4) is 0 Å². The zero-order valence-corrected chi connectivity index (χ0v) is 28.5. The fourth-order valence-electron chi connectivity index (χ4n) is 6.92. The predicted octanol–water partition coefficient (Wildman–Crippen LogP) is 3.39. The smallest absolute Gasteiger partial charge is 0.318 e. The number of likely N-dealkylation sites (tertiary alicyclic amines) is 1. The summed E-state index contributed by atoms with van der Waals surface area (Å²) in [6.45, 7) is 9.60. The number of halogens is 1. The second kappa shape index (κ2) is 15.9. The van der Waals surface area contributed by atoms with Crippen LogP contribution in [0.2, 0.25) is 0 Å². The molecule has 3 heterocycles. The van der Waals surface area contributed by atoms with Gasteiger partial charge in [-0.15, -0.1) is 0 Å². The first-order valence-corrected chi connectivity index (χ1v) is 17.3. The minimum atomic E-state index is -0.921. The van der Waals surface area contributed by atoms with Crippen LogP contribution < -0.4 is 16.0 Å². The molecule has 1 aromatic heterocycles. The number of piperazine rings is 1. The van der Waals surface area contributed by atoms with Crippen molar-refractivity contribution in [2.24, 2.45) is 11.8 Å². The van der Waals surface area contributed by atoms with Crippen molar-refractivity contribution in [3.63, 3.8) is 0 Å². The summed E-state index contributed by atoms with van der Waals surface area (Å²) < 4.78 is 20.5. The van der Waals surface area contributed by atoms with Gasteiger partial charge in [0.1, 0.15) is 23.6 Å². The average Bonchev–Trinajstić information content (AvgIpc) is 3.80. The fourth-order valence-corrected chi connectivity index (χ4v) is 6.92. The van der Waals surface area contributed by atoms with E-state index in [1.54, 1.807) is 22.8 Å². The lowest BCUT2D eigenvalue weighted by Crippen LogP contribution is -2.57. The molecule has 2 aromatic rings. The van der Waals surface area contributed by atoms with Crippen LogP contribution in [0.15, 0.2) is 22.8 Å². The molecule has 0 radical (unpaired) electrons. The molecule has 3 atom stereocenters. The molecule has 0 bridgehead atoms. The summed E-state index contributed by atoms with van der Waals surface area (Å²) in [5.74, 6) is -2.15. The molecule has 13 nitrogen and oxygen atoms in total. The third-order valence-electron chi connectivity index (χ3n) is 10.2. The summed E-state index contributed by atoms with van der Waals surface area (Å²) in [5.41, 5.74) is 0.887. The van der Waals surface area contributed by atoms with Crippen LogP contribution in [0.1, 0.15) is 87.0 Å². The van der Waals surface area contributed by atoms with Gasteiger partial charge in [-0.3, -0.25) is 14.4 Å². The summed E-state index contributed by atoms with van der Waals surface area (Å²) in [7, 11) is 2.00. The Bertz CT molecular complexity index is 1450. The zero-order valence-electron chi connectivity index (χ0n) is 28.5. The number of hydrogen-bond donors (Lipinski definition) is 3. The van der Waals surface area contributed by atoms with Crippen molar-refractivity contribution in [1.29, 1.82) is 0 Å². The summed E-state index contributed by atoms with van der Waals surface area (Å²) in [5, 5.41) is 16.0. The Morgan fingerprint density at radius 1 is 0.958 bits per heavy atom. The van der Waals surface area contributed by atoms with Gasteiger partial charge in [0.25, 0.3) is 5.91 Å². The van der Waals surface area contributed by atoms with Gasteiger partial charge < -0.3 is 30.7 Å². The van der Waals surface area contributed by atoms with Crippen molar-refractivity contribution in [2.75, 3.05) is 51.6 Å². The van der Waals surface area contributed by atoms with E-state index in [1.807, 2.05) is 14.0 Å². The zero-order chi connectivity index (χ0) is 34.4. The van der Waals surface area contributed by atoms with Crippen molar-refractivity contribution < 1.29 is 28.2 Å². The van der Waals surface area contributed by atoms with Gasteiger partial charge in [0.15, 0.2) is 5.69 Å². The van der Waals surface area contributed by atoms with Gasteiger partial charge in [0.05, 0.1) is 5.69 Å². The maximum absolute atomic E-state index is 15.8. The Balaban J connectivity index is 1.33. The number of amides is 5. The Labute approximate surface area is 281 Å². The highest BCUT2D eigenvalue weighted by molar-refractivity contribution is 6.01. The average molecular weight is 669 g/mol. The Morgan fingerprint density at radius 3 is 2.29 bits per heavy atom. The number of carbonyl (C=O) groups excluding carboxylic acids is 4. The number of aryl methyl sites for hydroxylation is 1. The number of aromatic nitrogens is 2. The monoisotopic (exact) mass is 668 g/mol. The van der Waals surface area contributed by atoms with Crippen molar-refractivity contribution in [1.82, 2.24) is 35.6 Å². The molecule has 48 heavy (non-hydrogen) atoms. The molecule has 2 saturated heterocycles. The number of anilines is 1. The van der Waals surface area contributed by atoms with E-state index in [0.717, 1.165) is 51.6 Å². The number of benzene rings is 1. The molecule has 3 N–H and O–H groups in total. The minimum absolute atomic E-state index is 0.0292. The van der Waals surface area contributed by atoms with Crippen LogP contribution in [-0.4, -0.2) is 107 Å². The van der Waals surface area contributed by atoms with Crippen LogP contribution >= 0.6 is 0 Å². The largest absolute Gasteiger partial charge is 0.338 e. The fraction of sp³-hybridized carbons (Fsp3) is 0.647. The first kappa shape index (κ1) is 35.2.